The lowest BCUT2D eigenvalue weighted by atomic mass is 10.1. The molecule has 1 rings (SSSR count). The van der Waals surface area contributed by atoms with E-state index >= 15 is 0 Å². The van der Waals surface area contributed by atoms with Gasteiger partial charge in [0.05, 0.1) is 11.7 Å². The van der Waals surface area contributed by atoms with Gasteiger partial charge >= 0.3 is 6.18 Å². The number of hydrogen-bond acceptors (Lipinski definition) is 4. The summed E-state index contributed by atoms with van der Waals surface area (Å²) in [6.07, 6.45) is -2.36. The van der Waals surface area contributed by atoms with E-state index < -0.39 is 12.8 Å². The van der Waals surface area contributed by atoms with Crippen LogP contribution in [0.5, 0.6) is 0 Å². The quantitative estimate of drug-likeness (QED) is 0.448. The Kier molecular flexibility index (Phi) is 4.91. The Balaban J connectivity index is 2.37. The minimum atomic E-state index is -4.29. The number of rotatable bonds is 6. The second-order valence-corrected chi connectivity index (χ2v) is 3.56. The predicted octanol–water partition coefficient (Wildman–Crippen LogP) is 0.894. The van der Waals surface area contributed by atoms with Crippen molar-refractivity contribution in [2.24, 2.45) is 12.9 Å². The smallest absolute Gasteiger partial charge is 0.372 e. The Bertz CT molecular complexity index is 339. The number of hydrazine groups is 1. The van der Waals surface area contributed by atoms with Crippen LogP contribution < -0.4 is 11.3 Å². The molecule has 0 radical (unpaired) electrons. The first kappa shape index (κ1) is 13.9. The molecule has 0 bridgehead atoms. The van der Waals surface area contributed by atoms with Crippen molar-refractivity contribution in [1.82, 2.24) is 15.2 Å². The van der Waals surface area contributed by atoms with Gasteiger partial charge in [0.1, 0.15) is 6.61 Å². The van der Waals surface area contributed by atoms with Crippen molar-refractivity contribution in [3.8, 4) is 0 Å². The molecule has 0 fully saturated rings. The maximum Gasteiger partial charge on any atom is 0.411 e. The molecule has 17 heavy (non-hydrogen) atoms. The van der Waals surface area contributed by atoms with Gasteiger partial charge in [0, 0.05) is 19.9 Å². The average molecular weight is 252 g/mol. The van der Waals surface area contributed by atoms with E-state index in [2.05, 4.69) is 15.3 Å². The fourth-order valence-corrected chi connectivity index (χ4v) is 1.43. The molecule has 0 saturated heterocycles. The SMILES string of the molecule is Cn1nccc1C(CCOCC(F)(F)F)NN. The van der Waals surface area contributed by atoms with Gasteiger partial charge in [-0.15, -0.1) is 0 Å². The third-order valence-electron chi connectivity index (χ3n) is 2.23. The largest absolute Gasteiger partial charge is 0.411 e. The molecule has 5 nitrogen and oxygen atoms in total. The van der Waals surface area contributed by atoms with Gasteiger partial charge in [0.2, 0.25) is 0 Å². The molecule has 98 valence electrons. The summed E-state index contributed by atoms with van der Waals surface area (Å²) in [4.78, 5) is 0. The molecule has 1 heterocycles. The number of aryl methyl sites for hydroxylation is 1. The van der Waals surface area contributed by atoms with Crippen molar-refractivity contribution >= 4 is 0 Å². The summed E-state index contributed by atoms with van der Waals surface area (Å²) in [7, 11) is 1.73. The monoisotopic (exact) mass is 252 g/mol. The normalized spacial score (nSPS) is 13.9. The molecule has 1 atom stereocenters. The highest BCUT2D eigenvalue weighted by molar-refractivity contribution is 5.05. The van der Waals surface area contributed by atoms with Gasteiger partial charge < -0.3 is 4.74 Å². The molecule has 0 spiro atoms. The highest BCUT2D eigenvalue weighted by Crippen LogP contribution is 2.17. The Morgan fingerprint density at radius 3 is 2.76 bits per heavy atom. The minimum Gasteiger partial charge on any atom is -0.372 e. The Morgan fingerprint density at radius 1 is 1.59 bits per heavy atom. The van der Waals surface area contributed by atoms with E-state index in [4.69, 9.17) is 5.84 Å². The Morgan fingerprint density at radius 2 is 2.29 bits per heavy atom. The molecule has 0 aliphatic rings. The van der Waals surface area contributed by atoms with Crippen LogP contribution in [0, 0.1) is 0 Å². The third-order valence-corrected chi connectivity index (χ3v) is 2.23. The fourth-order valence-electron chi connectivity index (χ4n) is 1.43. The number of hydrogen-bond donors (Lipinski definition) is 2. The zero-order chi connectivity index (χ0) is 12.9. The van der Waals surface area contributed by atoms with Crippen molar-refractivity contribution in [3.05, 3.63) is 18.0 Å². The van der Waals surface area contributed by atoms with Crippen LogP contribution in [0.4, 0.5) is 13.2 Å². The molecule has 1 aromatic rings. The molecule has 1 unspecified atom stereocenters. The lowest BCUT2D eigenvalue weighted by Gasteiger charge is -2.16. The van der Waals surface area contributed by atoms with Crippen LogP contribution in [-0.2, 0) is 11.8 Å². The number of nitrogens with two attached hydrogens (primary N) is 1. The summed E-state index contributed by atoms with van der Waals surface area (Å²) >= 11 is 0. The molecule has 8 heteroatoms. The van der Waals surface area contributed by atoms with Gasteiger partial charge in [0.25, 0.3) is 0 Å². The maximum absolute atomic E-state index is 11.8. The van der Waals surface area contributed by atoms with Gasteiger partial charge in [-0.3, -0.25) is 16.0 Å². The van der Waals surface area contributed by atoms with Crippen LogP contribution >= 0.6 is 0 Å². The maximum atomic E-state index is 11.8. The van der Waals surface area contributed by atoms with E-state index in [-0.39, 0.29) is 12.6 Å². The molecular formula is C9H15F3N4O. The lowest BCUT2D eigenvalue weighted by Crippen LogP contribution is -2.31. The zero-order valence-corrected chi connectivity index (χ0v) is 9.37. The number of alkyl halides is 3. The van der Waals surface area contributed by atoms with Crippen LogP contribution in [0.1, 0.15) is 18.2 Å². The molecule has 1 aromatic heterocycles. The molecule has 0 amide bonds. The summed E-state index contributed by atoms with van der Waals surface area (Å²) in [6, 6.07) is 1.46. The second-order valence-electron chi connectivity index (χ2n) is 3.56. The molecule has 0 aliphatic heterocycles. The third kappa shape index (κ3) is 4.72. The van der Waals surface area contributed by atoms with Gasteiger partial charge in [0.15, 0.2) is 0 Å². The summed E-state index contributed by atoms with van der Waals surface area (Å²) in [5.74, 6) is 5.33. The van der Waals surface area contributed by atoms with E-state index in [9.17, 15) is 13.2 Å². The summed E-state index contributed by atoms with van der Waals surface area (Å²) in [6.45, 7) is -1.27. The first-order valence-electron chi connectivity index (χ1n) is 5.02. The van der Waals surface area contributed by atoms with Gasteiger partial charge in [-0.1, -0.05) is 0 Å². The van der Waals surface area contributed by atoms with Crippen LogP contribution in [0.3, 0.4) is 0 Å². The molecule has 0 aliphatic carbocycles. The van der Waals surface area contributed by atoms with Crippen LogP contribution in [-0.4, -0.2) is 29.2 Å². The average Bonchev–Trinajstić information content (AvgIpc) is 2.63. The molecular weight excluding hydrogens is 237 g/mol. The lowest BCUT2D eigenvalue weighted by molar-refractivity contribution is -0.174. The van der Waals surface area contributed by atoms with Crippen LogP contribution in [0.25, 0.3) is 0 Å². The van der Waals surface area contributed by atoms with Crippen molar-refractivity contribution in [3.63, 3.8) is 0 Å². The summed E-state index contributed by atoms with van der Waals surface area (Å²) in [5, 5.41) is 3.95. The Hall–Kier alpha value is -1.12. The van der Waals surface area contributed by atoms with E-state index in [1.165, 1.54) is 0 Å². The van der Waals surface area contributed by atoms with Gasteiger partial charge in [-0.25, -0.2) is 0 Å². The highest BCUT2D eigenvalue weighted by Gasteiger charge is 2.27. The van der Waals surface area contributed by atoms with Crippen LogP contribution in [0.15, 0.2) is 12.3 Å². The summed E-state index contributed by atoms with van der Waals surface area (Å²) < 4.78 is 41.6. The van der Waals surface area contributed by atoms with Gasteiger partial charge in [-0.05, 0) is 12.5 Å². The molecule has 3 N–H and O–H groups in total. The standard InChI is InChI=1S/C9H15F3N4O/c1-16-8(2-4-14-16)7(15-13)3-5-17-6-9(10,11)12/h2,4,7,15H,3,5-6,13H2,1H3. The number of aromatic nitrogens is 2. The number of nitrogens with zero attached hydrogens (tertiary/aromatic N) is 2. The van der Waals surface area contributed by atoms with E-state index in [0.717, 1.165) is 5.69 Å². The topological polar surface area (TPSA) is 65.1 Å². The summed E-state index contributed by atoms with van der Waals surface area (Å²) in [5.41, 5.74) is 3.32. The van der Waals surface area contributed by atoms with E-state index in [1.807, 2.05) is 0 Å². The van der Waals surface area contributed by atoms with Crippen molar-refractivity contribution in [2.45, 2.75) is 18.6 Å². The van der Waals surface area contributed by atoms with Crippen LogP contribution in [0.2, 0.25) is 0 Å². The number of ether oxygens (including phenoxy) is 1. The fraction of sp³-hybridized carbons (Fsp3) is 0.667. The van der Waals surface area contributed by atoms with E-state index in [0.29, 0.717) is 6.42 Å². The molecule has 0 aromatic carbocycles. The second kappa shape index (κ2) is 5.99. The first-order valence-corrected chi connectivity index (χ1v) is 5.02. The van der Waals surface area contributed by atoms with Gasteiger partial charge in [-0.2, -0.15) is 18.3 Å². The van der Waals surface area contributed by atoms with Crippen molar-refractivity contribution in [2.75, 3.05) is 13.2 Å². The number of nitrogens with one attached hydrogen (secondary N) is 1. The highest BCUT2D eigenvalue weighted by atomic mass is 19.4. The number of halogens is 3. The zero-order valence-electron chi connectivity index (χ0n) is 9.37. The first-order chi connectivity index (χ1) is 7.94. The van der Waals surface area contributed by atoms with E-state index in [1.54, 1.807) is 24.0 Å². The van der Waals surface area contributed by atoms with Crippen molar-refractivity contribution < 1.29 is 17.9 Å². The molecule has 0 saturated carbocycles. The van der Waals surface area contributed by atoms with Crippen molar-refractivity contribution in [1.29, 1.82) is 0 Å². The predicted molar refractivity (Wildman–Crippen MR) is 54.8 cm³/mol. The minimum absolute atomic E-state index is 0.0282. The Labute approximate surface area is 96.7 Å².